The predicted molar refractivity (Wildman–Crippen MR) is 60.5 cm³/mol. The Morgan fingerprint density at radius 1 is 1.00 bits per heavy atom. The first kappa shape index (κ1) is 11.8. The standard InChI is InChI=1S/C9H5Cl2FN4O/c10-7-13-8(11)15-9(14-7)16-17-6-3-1-5(12)2-4-6/h1-4H,(H,13,14,15,16). The van der Waals surface area contributed by atoms with Gasteiger partial charge in [0.2, 0.25) is 10.6 Å². The van der Waals surface area contributed by atoms with E-state index in [1.165, 1.54) is 24.3 Å². The molecule has 0 atom stereocenters. The highest BCUT2D eigenvalue weighted by atomic mass is 35.5. The molecule has 8 heteroatoms. The van der Waals surface area contributed by atoms with Crippen LogP contribution in [0.5, 0.6) is 5.75 Å². The van der Waals surface area contributed by atoms with E-state index in [9.17, 15) is 4.39 Å². The lowest BCUT2D eigenvalue weighted by Gasteiger charge is -2.06. The summed E-state index contributed by atoms with van der Waals surface area (Å²) in [5, 5.41) is -0.120. The van der Waals surface area contributed by atoms with Crippen molar-refractivity contribution >= 4 is 29.2 Å². The molecule has 0 aliphatic carbocycles. The number of nitrogens with one attached hydrogen (secondary N) is 1. The van der Waals surface area contributed by atoms with Gasteiger partial charge in [0, 0.05) is 0 Å². The van der Waals surface area contributed by atoms with E-state index >= 15 is 0 Å². The van der Waals surface area contributed by atoms with Crippen molar-refractivity contribution in [3.05, 3.63) is 40.6 Å². The second-order valence-electron chi connectivity index (χ2n) is 2.86. The summed E-state index contributed by atoms with van der Waals surface area (Å²) in [6.07, 6.45) is 0. The Morgan fingerprint density at radius 2 is 1.59 bits per heavy atom. The molecule has 0 saturated carbocycles. The Kier molecular flexibility index (Phi) is 3.55. The molecule has 5 nitrogen and oxygen atoms in total. The summed E-state index contributed by atoms with van der Waals surface area (Å²) in [4.78, 5) is 16.1. The van der Waals surface area contributed by atoms with Gasteiger partial charge in [-0.15, -0.1) is 0 Å². The number of benzene rings is 1. The fraction of sp³-hybridized carbons (Fsp3) is 0. The quantitative estimate of drug-likeness (QED) is 0.873. The van der Waals surface area contributed by atoms with Crippen LogP contribution < -0.4 is 10.3 Å². The molecular weight excluding hydrogens is 270 g/mol. The van der Waals surface area contributed by atoms with Gasteiger partial charge in [-0.05, 0) is 47.5 Å². The summed E-state index contributed by atoms with van der Waals surface area (Å²) >= 11 is 11.1. The average molecular weight is 275 g/mol. The largest absolute Gasteiger partial charge is 0.379 e. The summed E-state index contributed by atoms with van der Waals surface area (Å²) in [6, 6.07) is 5.38. The van der Waals surface area contributed by atoms with E-state index in [2.05, 4.69) is 20.4 Å². The number of hydrogen-bond acceptors (Lipinski definition) is 5. The molecule has 2 rings (SSSR count). The van der Waals surface area contributed by atoms with Crippen LogP contribution in [0.25, 0.3) is 0 Å². The van der Waals surface area contributed by atoms with E-state index in [0.717, 1.165) is 0 Å². The van der Waals surface area contributed by atoms with Crippen molar-refractivity contribution in [2.24, 2.45) is 0 Å². The molecule has 0 saturated heterocycles. The summed E-state index contributed by atoms with van der Waals surface area (Å²) < 4.78 is 12.6. The average Bonchev–Trinajstić information content (AvgIpc) is 2.27. The zero-order chi connectivity index (χ0) is 12.3. The molecule has 2 aromatic rings. The van der Waals surface area contributed by atoms with Crippen molar-refractivity contribution in [2.75, 3.05) is 5.48 Å². The molecule has 0 spiro atoms. The van der Waals surface area contributed by atoms with Gasteiger partial charge in [0.05, 0.1) is 0 Å². The highest BCUT2D eigenvalue weighted by Crippen LogP contribution is 2.13. The van der Waals surface area contributed by atoms with Crippen LogP contribution >= 0.6 is 23.2 Å². The molecule has 0 amide bonds. The number of nitrogens with zero attached hydrogens (tertiary/aromatic N) is 3. The fourth-order valence-electron chi connectivity index (χ4n) is 0.979. The van der Waals surface area contributed by atoms with E-state index < -0.39 is 0 Å². The summed E-state index contributed by atoms with van der Waals surface area (Å²) in [6.45, 7) is 0. The van der Waals surface area contributed by atoms with Gasteiger partial charge in [-0.1, -0.05) is 0 Å². The molecule has 88 valence electrons. The summed E-state index contributed by atoms with van der Waals surface area (Å²) in [7, 11) is 0. The maximum Gasteiger partial charge on any atom is 0.262 e. The van der Waals surface area contributed by atoms with Crippen LogP contribution in [0, 0.1) is 5.82 Å². The van der Waals surface area contributed by atoms with Gasteiger partial charge in [-0.25, -0.2) is 4.39 Å². The third kappa shape index (κ3) is 3.40. The van der Waals surface area contributed by atoms with E-state index in [4.69, 9.17) is 28.0 Å². The van der Waals surface area contributed by atoms with E-state index in [1.54, 1.807) is 0 Å². The normalized spacial score (nSPS) is 10.1. The summed E-state index contributed by atoms with van der Waals surface area (Å²) in [5.74, 6) is 0.0852. The van der Waals surface area contributed by atoms with Crippen molar-refractivity contribution in [1.29, 1.82) is 0 Å². The van der Waals surface area contributed by atoms with Crippen molar-refractivity contribution in [1.82, 2.24) is 15.0 Å². The monoisotopic (exact) mass is 274 g/mol. The van der Waals surface area contributed by atoms with Crippen LogP contribution in [0.1, 0.15) is 0 Å². The number of rotatable bonds is 3. The second-order valence-corrected chi connectivity index (χ2v) is 3.53. The van der Waals surface area contributed by atoms with Gasteiger partial charge in [0.25, 0.3) is 5.95 Å². The van der Waals surface area contributed by atoms with Crippen molar-refractivity contribution < 1.29 is 9.23 Å². The van der Waals surface area contributed by atoms with Gasteiger partial charge >= 0.3 is 0 Å². The SMILES string of the molecule is Fc1ccc(ONc2nc(Cl)nc(Cl)n2)cc1. The molecule has 0 unspecified atom stereocenters. The first-order valence-electron chi connectivity index (χ1n) is 4.39. The predicted octanol–water partition coefficient (Wildman–Crippen LogP) is 2.72. The van der Waals surface area contributed by atoms with Crippen LogP contribution in [0.3, 0.4) is 0 Å². The third-order valence-corrected chi connectivity index (χ3v) is 1.99. The zero-order valence-corrected chi connectivity index (χ0v) is 9.71. The molecule has 1 N–H and O–H groups in total. The first-order chi connectivity index (χ1) is 8.13. The molecule has 17 heavy (non-hydrogen) atoms. The molecule has 0 fully saturated rings. The Morgan fingerprint density at radius 3 is 2.18 bits per heavy atom. The minimum Gasteiger partial charge on any atom is -0.379 e. The van der Waals surface area contributed by atoms with Gasteiger partial charge in [-0.2, -0.15) is 20.4 Å². The topological polar surface area (TPSA) is 59.9 Å². The summed E-state index contributed by atoms with van der Waals surface area (Å²) in [5.41, 5.74) is 2.41. The Hall–Kier alpha value is -1.66. The molecule has 1 aromatic carbocycles. The highest BCUT2D eigenvalue weighted by molar-refractivity contribution is 6.31. The van der Waals surface area contributed by atoms with Crippen LogP contribution in [0.4, 0.5) is 10.3 Å². The van der Waals surface area contributed by atoms with E-state index in [1.807, 2.05) is 0 Å². The minimum absolute atomic E-state index is 0.0549. The Labute approximate surface area is 106 Å². The fourth-order valence-corrected chi connectivity index (χ4v) is 1.34. The van der Waals surface area contributed by atoms with Crippen LogP contribution in [-0.2, 0) is 0 Å². The third-order valence-electron chi connectivity index (χ3n) is 1.65. The Bertz CT molecular complexity index is 503. The van der Waals surface area contributed by atoms with Gasteiger partial charge in [0.15, 0.2) is 5.75 Å². The van der Waals surface area contributed by atoms with Gasteiger partial charge in [-0.3, -0.25) is 0 Å². The lowest BCUT2D eigenvalue weighted by atomic mass is 10.3. The maximum absolute atomic E-state index is 12.6. The van der Waals surface area contributed by atoms with Crippen LogP contribution in [0.2, 0.25) is 10.6 Å². The number of aromatic nitrogens is 3. The van der Waals surface area contributed by atoms with Crippen molar-refractivity contribution in [3.8, 4) is 5.75 Å². The minimum atomic E-state index is -0.358. The lowest BCUT2D eigenvalue weighted by Crippen LogP contribution is -2.09. The van der Waals surface area contributed by atoms with E-state index in [0.29, 0.717) is 5.75 Å². The molecule has 1 heterocycles. The molecule has 0 radical (unpaired) electrons. The van der Waals surface area contributed by atoms with Crippen LogP contribution in [-0.4, -0.2) is 15.0 Å². The van der Waals surface area contributed by atoms with E-state index in [-0.39, 0.29) is 22.3 Å². The number of anilines is 1. The number of halogens is 3. The van der Waals surface area contributed by atoms with Crippen molar-refractivity contribution in [2.45, 2.75) is 0 Å². The highest BCUT2D eigenvalue weighted by Gasteiger charge is 2.03. The van der Waals surface area contributed by atoms with Gasteiger partial charge in [0.1, 0.15) is 5.82 Å². The first-order valence-corrected chi connectivity index (χ1v) is 5.14. The molecule has 0 bridgehead atoms. The smallest absolute Gasteiger partial charge is 0.262 e. The molecule has 0 aliphatic rings. The van der Waals surface area contributed by atoms with Crippen molar-refractivity contribution in [3.63, 3.8) is 0 Å². The Balaban J connectivity index is 2.04. The molecular formula is C9H5Cl2FN4O. The molecule has 1 aromatic heterocycles. The van der Waals surface area contributed by atoms with Crippen LogP contribution in [0.15, 0.2) is 24.3 Å². The number of hydrogen-bond donors (Lipinski definition) is 1. The van der Waals surface area contributed by atoms with Gasteiger partial charge < -0.3 is 4.84 Å². The zero-order valence-electron chi connectivity index (χ0n) is 8.19. The molecule has 0 aliphatic heterocycles. The lowest BCUT2D eigenvalue weighted by molar-refractivity contribution is 0.398. The maximum atomic E-state index is 12.6. The second kappa shape index (κ2) is 5.11.